The number of carboxylic acids is 1. The van der Waals surface area contributed by atoms with Crippen LogP contribution in [0.25, 0.3) is 0 Å². The van der Waals surface area contributed by atoms with E-state index in [-0.39, 0.29) is 12.6 Å². The minimum atomic E-state index is -1.05. The SMILES string of the molecule is O=C(O)CNC(=O)NCCC1CCCO1. The number of amides is 2. The molecular formula is C9H16N2O4. The Hall–Kier alpha value is -1.30. The molecule has 6 nitrogen and oxygen atoms in total. The summed E-state index contributed by atoms with van der Waals surface area (Å²) in [5, 5.41) is 13.1. The van der Waals surface area contributed by atoms with Gasteiger partial charge in [-0.05, 0) is 19.3 Å². The van der Waals surface area contributed by atoms with E-state index in [1.165, 1.54) is 0 Å². The Kier molecular flexibility index (Phi) is 4.89. The molecule has 2 amide bonds. The van der Waals surface area contributed by atoms with E-state index in [0.29, 0.717) is 6.54 Å². The summed E-state index contributed by atoms with van der Waals surface area (Å²) >= 11 is 0. The lowest BCUT2D eigenvalue weighted by molar-refractivity contribution is -0.135. The minimum absolute atomic E-state index is 0.241. The van der Waals surface area contributed by atoms with E-state index in [9.17, 15) is 9.59 Å². The third-order valence-electron chi connectivity index (χ3n) is 2.18. The van der Waals surface area contributed by atoms with E-state index in [0.717, 1.165) is 25.9 Å². The maximum absolute atomic E-state index is 11.0. The van der Waals surface area contributed by atoms with Gasteiger partial charge in [-0.25, -0.2) is 4.79 Å². The predicted molar refractivity (Wildman–Crippen MR) is 52.6 cm³/mol. The quantitative estimate of drug-likeness (QED) is 0.600. The van der Waals surface area contributed by atoms with Crippen molar-refractivity contribution in [1.29, 1.82) is 0 Å². The number of nitrogens with one attached hydrogen (secondary N) is 2. The molecule has 0 saturated carbocycles. The third kappa shape index (κ3) is 5.21. The Bertz CT molecular complexity index is 226. The van der Waals surface area contributed by atoms with E-state index in [4.69, 9.17) is 9.84 Å². The maximum Gasteiger partial charge on any atom is 0.323 e. The molecule has 0 aromatic rings. The summed E-state index contributed by atoms with van der Waals surface area (Å²) in [5.74, 6) is -1.05. The van der Waals surface area contributed by atoms with Gasteiger partial charge < -0.3 is 20.5 Å². The highest BCUT2D eigenvalue weighted by Gasteiger charge is 2.14. The number of ether oxygens (including phenoxy) is 1. The Morgan fingerprint density at radius 3 is 2.80 bits per heavy atom. The fourth-order valence-corrected chi connectivity index (χ4v) is 1.44. The summed E-state index contributed by atoms with van der Waals surface area (Å²) in [6, 6.07) is -0.449. The Morgan fingerprint density at radius 2 is 2.20 bits per heavy atom. The summed E-state index contributed by atoms with van der Waals surface area (Å²) < 4.78 is 5.37. The van der Waals surface area contributed by atoms with Gasteiger partial charge in [0.05, 0.1) is 6.10 Å². The van der Waals surface area contributed by atoms with Gasteiger partial charge in [-0.15, -0.1) is 0 Å². The van der Waals surface area contributed by atoms with Gasteiger partial charge in [0, 0.05) is 13.2 Å². The van der Waals surface area contributed by atoms with Crippen molar-refractivity contribution in [2.75, 3.05) is 19.7 Å². The zero-order chi connectivity index (χ0) is 11.1. The first-order valence-electron chi connectivity index (χ1n) is 5.03. The van der Waals surface area contributed by atoms with Gasteiger partial charge in [0.2, 0.25) is 0 Å². The van der Waals surface area contributed by atoms with Crippen molar-refractivity contribution in [1.82, 2.24) is 10.6 Å². The van der Waals surface area contributed by atoms with Crippen LogP contribution in [0.4, 0.5) is 4.79 Å². The molecular weight excluding hydrogens is 200 g/mol. The lowest BCUT2D eigenvalue weighted by Crippen LogP contribution is -2.39. The fraction of sp³-hybridized carbons (Fsp3) is 0.778. The number of carbonyl (C=O) groups excluding carboxylic acids is 1. The zero-order valence-corrected chi connectivity index (χ0v) is 8.49. The molecule has 0 aromatic carbocycles. The third-order valence-corrected chi connectivity index (χ3v) is 2.18. The number of hydrogen-bond donors (Lipinski definition) is 3. The van der Waals surface area contributed by atoms with Crippen molar-refractivity contribution < 1.29 is 19.4 Å². The normalized spacial score (nSPS) is 19.9. The number of rotatable bonds is 5. The molecule has 0 aliphatic carbocycles. The summed E-state index contributed by atoms with van der Waals surface area (Å²) in [4.78, 5) is 21.1. The van der Waals surface area contributed by atoms with Crippen molar-refractivity contribution in [2.24, 2.45) is 0 Å². The summed E-state index contributed by atoms with van der Waals surface area (Å²) in [5.41, 5.74) is 0. The van der Waals surface area contributed by atoms with Crippen molar-refractivity contribution >= 4 is 12.0 Å². The van der Waals surface area contributed by atoms with Gasteiger partial charge >= 0.3 is 12.0 Å². The molecule has 0 aromatic heterocycles. The van der Waals surface area contributed by atoms with Crippen LogP contribution in [0.1, 0.15) is 19.3 Å². The highest BCUT2D eigenvalue weighted by molar-refractivity contribution is 5.79. The molecule has 0 spiro atoms. The molecule has 15 heavy (non-hydrogen) atoms. The van der Waals surface area contributed by atoms with E-state index >= 15 is 0 Å². The van der Waals surface area contributed by atoms with Crippen LogP contribution in [0.2, 0.25) is 0 Å². The Labute approximate surface area is 88.0 Å². The lowest BCUT2D eigenvalue weighted by Gasteiger charge is -2.10. The van der Waals surface area contributed by atoms with Gasteiger partial charge in [-0.3, -0.25) is 4.79 Å². The lowest BCUT2D eigenvalue weighted by atomic mass is 10.2. The Balaban J connectivity index is 1.98. The monoisotopic (exact) mass is 216 g/mol. The van der Waals surface area contributed by atoms with E-state index in [1.807, 2.05) is 0 Å². The highest BCUT2D eigenvalue weighted by atomic mass is 16.5. The molecule has 6 heteroatoms. The average Bonchev–Trinajstić information content (AvgIpc) is 2.67. The van der Waals surface area contributed by atoms with E-state index in [2.05, 4.69) is 10.6 Å². The molecule has 1 rings (SSSR count). The van der Waals surface area contributed by atoms with Crippen molar-refractivity contribution in [3.63, 3.8) is 0 Å². The molecule has 3 N–H and O–H groups in total. The summed E-state index contributed by atoms with van der Waals surface area (Å²) in [6.07, 6.45) is 3.14. The molecule has 1 aliphatic heterocycles. The molecule has 1 heterocycles. The van der Waals surface area contributed by atoms with Crippen LogP contribution in [-0.2, 0) is 9.53 Å². The van der Waals surface area contributed by atoms with Crippen LogP contribution in [0, 0.1) is 0 Å². The number of carboxylic acid groups (broad SMARTS) is 1. The van der Waals surface area contributed by atoms with Crippen LogP contribution < -0.4 is 10.6 Å². The molecule has 1 unspecified atom stereocenters. The Morgan fingerprint density at radius 1 is 1.40 bits per heavy atom. The molecule has 1 fully saturated rings. The maximum atomic E-state index is 11.0. The standard InChI is InChI=1S/C9H16N2O4/c12-8(13)6-11-9(14)10-4-3-7-2-1-5-15-7/h7H,1-6H2,(H,12,13)(H2,10,11,14). The molecule has 86 valence electrons. The summed E-state index contributed by atoms with van der Waals surface area (Å²) in [6.45, 7) is 0.956. The van der Waals surface area contributed by atoms with Crippen LogP contribution in [0.15, 0.2) is 0 Å². The highest BCUT2D eigenvalue weighted by Crippen LogP contribution is 2.14. The number of carbonyl (C=O) groups is 2. The smallest absolute Gasteiger partial charge is 0.323 e. The number of aliphatic carboxylic acids is 1. The van der Waals surface area contributed by atoms with Gasteiger partial charge in [-0.2, -0.15) is 0 Å². The zero-order valence-electron chi connectivity index (χ0n) is 8.49. The second-order valence-electron chi connectivity index (χ2n) is 3.43. The fourth-order valence-electron chi connectivity index (χ4n) is 1.44. The first kappa shape index (κ1) is 11.8. The first-order chi connectivity index (χ1) is 7.18. The topological polar surface area (TPSA) is 87.7 Å². The molecule has 1 saturated heterocycles. The first-order valence-corrected chi connectivity index (χ1v) is 5.03. The number of urea groups is 1. The average molecular weight is 216 g/mol. The second-order valence-corrected chi connectivity index (χ2v) is 3.43. The van der Waals surface area contributed by atoms with Crippen LogP contribution in [-0.4, -0.2) is 42.9 Å². The largest absolute Gasteiger partial charge is 0.480 e. The van der Waals surface area contributed by atoms with Crippen molar-refractivity contribution in [3.05, 3.63) is 0 Å². The predicted octanol–water partition coefficient (Wildman–Crippen LogP) is -0.0607. The van der Waals surface area contributed by atoms with Crippen LogP contribution in [0.3, 0.4) is 0 Å². The van der Waals surface area contributed by atoms with Gasteiger partial charge in [-0.1, -0.05) is 0 Å². The van der Waals surface area contributed by atoms with Crippen molar-refractivity contribution in [2.45, 2.75) is 25.4 Å². The van der Waals surface area contributed by atoms with E-state index in [1.54, 1.807) is 0 Å². The molecule has 0 bridgehead atoms. The van der Waals surface area contributed by atoms with Crippen LogP contribution >= 0.6 is 0 Å². The van der Waals surface area contributed by atoms with Crippen molar-refractivity contribution in [3.8, 4) is 0 Å². The summed E-state index contributed by atoms with van der Waals surface area (Å²) in [7, 11) is 0. The minimum Gasteiger partial charge on any atom is -0.480 e. The van der Waals surface area contributed by atoms with Crippen LogP contribution in [0.5, 0.6) is 0 Å². The number of hydrogen-bond acceptors (Lipinski definition) is 3. The van der Waals surface area contributed by atoms with E-state index < -0.39 is 12.0 Å². The van der Waals surface area contributed by atoms with Gasteiger partial charge in [0.15, 0.2) is 0 Å². The van der Waals surface area contributed by atoms with Gasteiger partial charge in [0.25, 0.3) is 0 Å². The molecule has 0 radical (unpaired) electrons. The molecule has 1 aliphatic rings. The molecule has 1 atom stereocenters. The second kappa shape index (κ2) is 6.23. The van der Waals surface area contributed by atoms with Gasteiger partial charge in [0.1, 0.15) is 6.54 Å².